The standard InChI is InChI=1S/C11H9FN2O3/c12-8-4-2-1-3-7(8)11-13-9(14-17-11)5-6-10(15)16/h1-4H,5-6H2,(H,15,16). The van der Waals surface area contributed by atoms with Crippen molar-refractivity contribution in [2.24, 2.45) is 0 Å². The average molecular weight is 236 g/mol. The monoisotopic (exact) mass is 236 g/mol. The van der Waals surface area contributed by atoms with Crippen LogP contribution >= 0.6 is 0 Å². The van der Waals surface area contributed by atoms with Gasteiger partial charge in [0, 0.05) is 6.42 Å². The van der Waals surface area contributed by atoms with Crippen LogP contribution in [0.3, 0.4) is 0 Å². The minimum absolute atomic E-state index is 0.0588. The van der Waals surface area contributed by atoms with Crippen molar-refractivity contribution in [1.82, 2.24) is 10.1 Å². The highest BCUT2D eigenvalue weighted by Crippen LogP contribution is 2.20. The third-order valence-corrected chi connectivity index (χ3v) is 2.13. The molecule has 2 rings (SSSR count). The predicted molar refractivity (Wildman–Crippen MR) is 55.6 cm³/mol. The zero-order chi connectivity index (χ0) is 12.3. The SMILES string of the molecule is O=C(O)CCc1noc(-c2ccccc2F)n1. The minimum Gasteiger partial charge on any atom is -0.481 e. The summed E-state index contributed by atoms with van der Waals surface area (Å²) in [6, 6.07) is 6.01. The fourth-order valence-corrected chi connectivity index (χ4v) is 1.32. The van der Waals surface area contributed by atoms with Gasteiger partial charge in [-0.1, -0.05) is 17.3 Å². The molecule has 1 aromatic heterocycles. The van der Waals surface area contributed by atoms with Gasteiger partial charge in [0.25, 0.3) is 5.89 Å². The summed E-state index contributed by atoms with van der Waals surface area (Å²) >= 11 is 0. The van der Waals surface area contributed by atoms with Gasteiger partial charge >= 0.3 is 5.97 Å². The second-order valence-electron chi connectivity index (χ2n) is 3.39. The largest absolute Gasteiger partial charge is 0.481 e. The summed E-state index contributed by atoms with van der Waals surface area (Å²) in [4.78, 5) is 14.3. The van der Waals surface area contributed by atoms with Crippen molar-refractivity contribution in [3.05, 3.63) is 35.9 Å². The molecule has 0 atom stereocenters. The Kier molecular flexibility index (Phi) is 3.13. The second-order valence-corrected chi connectivity index (χ2v) is 3.39. The number of hydrogen-bond donors (Lipinski definition) is 1. The maximum Gasteiger partial charge on any atom is 0.303 e. The van der Waals surface area contributed by atoms with Crippen molar-refractivity contribution >= 4 is 5.97 Å². The zero-order valence-electron chi connectivity index (χ0n) is 8.76. The highest BCUT2D eigenvalue weighted by atomic mass is 19.1. The molecule has 0 fully saturated rings. The first-order valence-electron chi connectivity index (χ1n) is 4.96. The number of carbonyl (C=O) groups is 1. The van der Waals surface area contributed by atoms with Crippen LogP contribution in [-0.4, -0.2) is 21.2 Å². The summed E-state index contributed by atoms with van der Waals surface area (Å²) in [5, 5.41) is 12.1. The molecule has 0 saturated carbocycles. The van der Waals surface area contributed by atoms with Crippen LogP contribution in [-0.2, 0) is 11.2 Å². The molecular weight excluding hydrogens is 227 g/mol. The van der Waals surface area contributed by atoms with E-state index in [1.54, 1.807) is 12.1 Å². The van der Waals surface area contributed by atoms with Crippen LogP contribution < -0.4 is 0 Å². The van der Waals surface area contributed by atoms with Gasteiger partial charge in [-0.05, 0) is 12.1 Å². The Morgan fingerprint density at radius 3 is 2.88 bits per heavy atom. The lowest BCUT2D eigenvalue weighted by molar-refractivity contribution is -0.137. The van der Waals surface area contributed by atoms with Gasteiger partial charge in [-0.3, -0.25) is 4.79 Å². The molecule has 0 saturated heterocycles. The molecule has 0 aliphatic rings. The van der Waals surface area contributed by atoms with Crippen LogP contribution in [0.25, 0.3) is 11.5 Å². The molecule has 6 heteroatoms. The normalized spacial score (nSPS) is 10.4. The summed E-state index contributed by atoms with van der Waals surface area (Å²) in [6.07, 6.45) is 0.0729. The Balaban J connectivity index is 2.18. The average Bonchev–Trinajstić information content (AvgIpc) is 2.75. The van der Waals surface area contributed by atoms with E-state index in [1.807, 2.05) is 0 Å². The van der Waals surface area contributed by atoms with E-state index in [0.29, 0.717) is 0 Å². The molecule has 0 aliphatic heterocycles. The third kappa shape index (κ3) is 2.66. The molecule has 0 bridgehead atoms. The first-order valence-corrected chi connectivity index (χ1v) is 4.96. The van der Waals surface area contributed by atoms with Crippen molar-refractivity contribution < 1.29 is 18.8 Å². The quantitative estimate of drug-likeness (QED) is 0.877. The molecule has 0 aliphatic carbocycles. The van der Waals surface area contributed by atoms with E-state index in [2.05, 4.69) is 10.1 Å². The Bertz CT molecular complexity index is 539. The Hall–Kier alpha value is -2.24. The predicted octanol–water partition coefficient (Wildman–Crippen LogP) is 1.89. The number of hydrogen-bond acceptors (Lipinski definition) is 4. The lowest BCUT2D eigenvalue weighted by Gasteiger charge is -1.94. The number of benzene rings is 1. The second kappa shape index (κ2) is 4.73. The molecule has 5 nitrogen and oxygen atoms in total. The van der Waals surface area contributed by atoms with E-state index >= 15 is 0 Å². The number of carboxylic acid groups (broad SMARTS) is 1. The van der Waals surface area contributed by atoms with Crippen molar-refractivity contribution in [1.29, 1.82) is 0 Å². The van der Waals surface area contributed by atoms with Crippen LogP contribution in [0.4, 0.5) is 4.39 Å². The molecule has 2 aromatic rings. The Morgan fingerprint density at radius 1 is 1.41 bits per heavy atom. The van der Waals surface area contributed by atoms with Crippen molar-refractivity contribution in [2.45, 2.75) is 12.8 Å². The zero-order valence-corrected chi connectivity index (χ0v) is 8.76. The molecule has 1 N–H and O–H groups in total. The topological polar surface area (TPSA) is 76.2 Å². The van der Waals surface area contributed by atoms with Crippen molar-refractivity contribution in [3.8, 4) is 11.5 Å². The van der Waals surface area contributed by atoms with E-state index in [-0.39, 0.29) is 30.1 Å². The third-order valence-electron chi connectivity index (χ3n) is 2.13. The minimum atomic E-state index is -0.942. The van der Waals surface area contributed by atoms with Crippen molar-refractivity contribution in [3.63, 3.8) is 0 Å². The van der Waals surface area contributed by atoms with Crippen LogP contribution in [0.5, 0.6) is 0 Å². The highest BCUT2D eigenvalue weighted by Gasteiger charge is 2.13. The van der Waals surface area contributed by atoms with Gasteiger partial charge in [-0.15, -0.1) is 0 Å². The number of carboxylic acids is 1. The lowest BCUT2D eigenvalue weighted by atomic mass is 10.2. The molecule has 17 heavy (non-hydrogen) atoms. The maximum absolute atomic E-state index is 13.4. The highest BCUT2D eigenvalue weighted by molar-refractivity contribution is 5.66. The number of rotatable bonds is 4. The van der Waals surface area contributed by atoms with E-state index in [1.165, 1.54) is 12.1 Å². The van der Waals surface area contributed by atoms with Gasteiger partial charge in [0.1, 0.15) is 5.82 Å². The van der Waals surface area contributed by atoms with E-state index in [9.17, 15) is 9.18 Å². The molecular formula is C11H9FN2O3. The van der Waals surface area contributed by atoms with Crippen molar-refractivity contribution in [2.75, 3.05) is 0 Å². The van der Waals surface area contributed by atoms with Crippen LogP contribution in [0.1, 0.15) is 12.2 Å². The summed E-state index contributed by atoms with van der Waals surface area (Å²) in [5.74, 6) is -1.09. The molecule has 0 amide bonds. The number of aliphatic carboxylic acids is 1. The van der Waals surface area contributed by atoms with E-state index in [4.69, 9.17) is 9.63 Å². The van der Waals surface area contributed by atoms with Gasteiger partial charge in [0.2, 0.25) is 0 Å². The molecule has 0 unspecified atom stereocenters. The first kappa shape index (κ1) is 11.3. The number of halogens is 1. The lowest BCUT2D eigenvalue weighted by Crippen LogP contribution is -1.98. The molecule has 1 heterocycles. The molecule has 1 aromatic carbocycles. The first-order chi connectivity index (χ1) is 8.16. The maximum atomic E-state index is 13.4. The Morgan fingerprint density at radius 2 is 2.18 bits per heavy atom. The fourth-order valence-electron chi connectivity index (χ4n) is 1.32. The summed E-state index contributed by atoms with van der Waals surface area (Å²) in [7, 11) is 0. The number of nitrogens with zero attached hydrogens (tertiary/aromatic N) is 2. The van der Waals surface area contributed by atoms with E-state index < -0.39 is 11.8 Å². The molecule has 0 radical (unpaired) electrons. The van der Waals surface area contributed by atoms with E-state index in [0.717, 1.165) is 0 Å². The fraction of sp³-hybridized carbons (Fsp3) is 0.182. The number of aromatic nitrogens is 2. The van der Waals surface area contributed by atoms with Gasteiger partial charge in [-0.2, -0.15) is 4.98 Å². The summed E-state index contributed by atoms with van der Waals surface area (Å²) in [6.45, 7) is 0. The summed E-state index contributed by atoms with van der Waals surface area (Å²) < 4.78 is 18.2. The molecule has 0 spiro atoms. The van der Waals surface area contributed by atoms with Crippen LogP contribution in [0.2, 0.25) is 0 Å². The van der Waals surface area contributed by atoms with Gasteiger partial charge in [0.05, 0.1) is 12.0 Å². The molecule has 88 valence electrons. The summed E-state index contributed by atoms with van der Waals surface area (Å²) in [5.41, 5.74) is 0.210. The smallest absolute Gasteiger partial charge is 0.303 e. The van der Waals surface area contributed by atoms with Crippen LogP contribution in [0, 0.1) is 5.82 Å². The van der Waals surface area contributed by atoms with Gasteiger partial charge in [0.15, 0.2) is 5.82 Å². The van der Waals surface area contributed by atoms with Gasteiger partial charge < -0.3 is 9.63 Å². The number of aryl methyl sites for hydroxylation is 1. The Labute approximate surface area is 95.9 Å². The van der Waals surface area contributed by atoms with Gasteiger partial charge in [-0.25, -0.2) is 4.39 Å². The van der Waals surface area contributed by atoms with Crippen LogP contribution in [0.15, 0.2) is 28.8 Å².